The van der Waals surface area contributed by atoms with Crippen molar-refractivity contribution in [1.82, 2.24) is 9.55 Å². The Kier molecular flexibility index (Phi) is 6.33. The predicted molar refractivity (Wildman–Crippen MR) is 81.0 cm³/mol. The smallest absolute Gasteiger partial charge is 0.351 e. The van der Waals surface area contributed by atoms with Crippen molar-refractivity contribution in [2.24, 2.45) is 0 Å². The average molecular weight is 377 g/mol. The van der Waals surface area contributed by atoms with E-state index in [0.29, 0.717) is 12.0 Å². The minimum Gasteiger partial charge on any atom is -0.790 e. The van der Waals surface area contributed by atoms with E-state index in [1.54, 1.807) is 0 Å². The van der Waals surface area contributed by atoms with Gasteiger partial charge in [0.15, 0.2) is 6.23 Å². The summed E-state index contributed by atoms with van der Waals surface area (Å²) in [5.74, 6) is 0.0706. The topological polar surface area (TPSA) is 183 Å². The zero-order chi connectivity index (χ0) is 18.8. The van der Waals surface area contributed by atoms with Gasteiger partial charge in [-0.3, -0.25) is 4.57 Å². The second kappa shape index (κ2) is 7.92. The number of aliphatic hydroxyl groups excluding tert-OH is 2. The van der Waals surface area contributed by atoms with Crippen LogP contribution in [0.4, 0.5) is 5.82 Å². The normalized spacial score (nSPS) is 26.9. The van der Waals surface area contributed by atoms with E-state index in [1.165, 1.54) is 6.20 Å². The molecule has 0 aliphatic carbocycles. The number of rotatable bonds is 7. The highest BCUT2D eigenvalue weighted by atomic mass is 31.2. The van der Waals surface area contributed by atoms with Crippen molar-refractivity contribution in [2.45, 2.75) is 50.7 Å². The number of aliphatic hydroxyl groups is 2. The molecule has 25 heavy (non-hydrogen) atoms. The van der Waals surface area contributed by atoms with Gasteiger partial charge >= 0.3 is 5.69 Å². The number of phosphoric acid groups is 1. The fourth-order valence-electron chi connectivity index (χ4n) is 2.53. The maximum atomic E-state index is 12.1. The van der Waals surface area contributed by atoms with Gasteiger partial charge in [-0.2, -0.15) is 4.98 Å². The standard InChI is InChI=1S/C13H22N3O8P/c1-2-3-4-7-5-16(13(19)15-11(7)14)12-10(18)9(17)8(24-12)6-23-25(20,21)22/h5,8-10,12,17-18H,2-4,6H2,1H3,(H2,14,15,19)(H2,20,21,22)/p-2/t8-,9-,10-,12-/m1/s1. The summed E-state index contributed by atoms with van der Waals surface area (Å²) in [5, 5.41) is 20.0. The zero-order valence-electron chi connectivity index (χ0n) is 13.5. The molecule has 0 bridgehead atoms. The number of unbranched alkanes of at least 4 members (excludes halogenated alkanes) is 1. The SMILES string of the molecule is CCCCc1cn([C@@H]2O[C@H](COP(=O)([O-])[O-])[C@@H](O)[C@H]2O)c(=O)nc1N. The molecule has 142 valence electrons. The molecular formula is C13H20N3O8P-2. The Hall–Kier alpha value is -1.33. The predicted octanol–water partition coefficient (Wildman–Crippen LogP) is -2.37. The maximum Gasteiger partial charge on any atom is 0.351 e. The van der Waals surface area contributed by atoms with Gasteiger partial charge < -0.3 is 39.6 Å². The summed E-state index contributed by atoms with van der Waals surface area (Å²) in [4.78, 5) is 36.8. The van der Waals surface area contributed by atoms with Crippen molar-refractivity contribution in [1.29, 1.82) is 0 Å². The molecule has 0 amide bonds. The lowest BCUT2D eigenvalue weighted by molar-refractivity contribution is -0.343. The van der Waals surface area contributed by atoms with Crippen molar-refractivity contribution in [3.8, 4) is 0 Å². The lowest BCUT2D eigenvalue weighted by Gasteiger charge is -2.30. The molecule has 4 N–H and O–H groups in total. The molecule has 2 rings (SSSR count). The first-order chi connectivity index (χ1) is 11.6. The highest BCUT2D eigenvalue weighted by molar-refractivity contribution is 7.43. The van der Waals surface area contributed by atoms with Gasteiger partial charge in [0.1, 0.15) is 24.1 Å². The third-order valence-corrected chi connectivity index (χ3v) is 4.33. The van der Waals surface area contributed by atoms with Gasteiger partial charge in [-0.05, 0) is 12.8 Å². The average Bonchev–Trinajstić information content (AvgIpc) is 2.80. The van der Waals surface area contributed by atoms with Crippen LogP contribution in [0.25, 0.3) is 0 Å². The van der Waals surface area contributed by atoms with Gasteiger partial charge in [-0.1, -0.05) is 13.3 Å². The van der Waals surface area contributed by atoms with Crippen molar-refractivity contribution < 1.29 is 33.8 Å². The first-order valence-electron chi connectivity index (χ1n) is 7.69. The fourth-order valence-corrected chi connectivity index (χ4v) is 2.85. The Morgan fingerprint density at radius 1 is 1.44 bits per heavy atom. The van der Waals surface area contributed by atoms with Crippen molar-refractivity contribution in [2.75, 3.05) is 12.3 Å². The van der Waals surface area contributed by atoms with Gasteiger partial charge in [0.25, 0.3) is 0 Å². The zero-order valence-corrected chi connectivity index (χ0v) is 14.4. The van der Waals surface area contributed by atoms with Crippen LogP contribution in [0.1, 0.15) is 31.6 Å². The molecule has 0 spiro atoms. The highest BCUT2D eigenvalue weighted by Gasteiger charge is 2.44. The Morgan fingerprint density at radius 2 is 2.12 bits per heavy atom. The van der Waals surface area contributed by atoms with Crippen LogP contribution in [-0.4, -0.2) is 44.7 Å². The molecule has 0 radical (unpaired) electrons. The number of hydrogen-bond donors (Lipinski definition) is 3. The number of ether oxygens (including phenoxy) is 1. The van der Waals surface area contributed by atoms with E-state index >= 15 is 0 Å². The van der Waals surface area contributed by atoms with Crippen LogP contribution in [0.5, 0.6) is 0 Å². The van der Waals surface area contributed by atoms with E-state index in [1.807, 2.05) is 6.92 Å². The van der Waals surface area contributed by atoms with Crippen LogP contribution < -0.4 is 21.2 Å². The number of nitrogens with two attached hydrogens (primary N) is 1. The molecule has 1 aliphatic heterocycles. The molecule has 1 fully saturated rings. The minimum absolute atomic E-state index is 0.0706. The molecule has 1 aromatic heterocycles. The minimum atomic E-state index is -5.26. The van der Waals surface area contributed by atoms with Gasteiger partial charge in [0.05, 0.1) is 14.4 Å². The summed E-state index contributed by atoms with van der Waals surface area (Å²) >= 11 is 0. The molecule has 0 saturated carbocycles. The first kappa shape index (κ1) is 20.0. The molecule has 1 aromatic rings. The highest BCUT2D eigenvalue weighted by Crippen LogP contribution is 2.32. The van der Waals surface area contributed by atoms with Crippen LogP contribution in [0, 0.1) is 0 Å². The molecule has 1 saturated heterocycles. The lowest BCUT2D eigenvalue weighted by Crippen LogP contribution is -2.36. The third-order valence-electron chi connectivity index (χ3n) is 3.87. The molecule has 11 nitrogen and oxygen atoms in total. The maximum absolute atomic E-state index is 12.1. The second-order valence-electron chi connectivity index (χ2n) is 5.73. The Labute approximate surface area is 143 Å². The molecule has 4 atom stereocenters. The molecule has 0 unspecified atom stereocenters. The molecule has 2 heterocycles. The number of hydrogen-bond acceptors (Lipinski definition) is 10. The Bertz CT molecular complexity index is 705. The fraction of sp³-hybridized carbons (Fsp3) is 0.692. The number of nitrogen functional groups attached to an aromatic ring is 1. The van der Waals surface area contributed by atoms with Crippen LogP contribution in [-0.2, 0) is 20.2 Å². The van der Waals surface area contributed by atoms with Gasteiger partial charge in [0.2, 0.25) is 0 Å². The summed E-state index contributed by atoms with van der Waals surface area (Å²) in [6, 6.07) is 0. The van der Waals surface area contributed by atoms with Crippen LogP contribution in [0.2, 0.25) is 0 Å². The van der Waals surface area contributed by atoms with E-state index in [4.69, 9.17) is 10.5 Å². The molecule has 1 aliphatic rings. The summed E-state index contributed by atoms with van der Waals surface area (Å²) in [6.07, 6.45) is -2.08. The van der Waals surface area contributed by atoms with E-state index < -0.39 is 44.7 Å². The van der Waals surface area contributed by atoms with Gasteiger partial charge in [0, 0.05) is 11.8 Å². The summed E-state index contributed by atoms with van der Waals surface area (Å²) in [7, 11) is -5.26. The third kappa shape index (κ3) is 4.85. The monoisotopic (exact) mass is 377 g/mol. The lowest BCUT2D eigenvalue weighted by atomic mass is 10.1. The van der Waals surface area contributed by atoms with Gasteiger partial charge in [-0.15, -0.1) is 0 Å². The molecule has 0 aromatic carbocycles. The number of anilines is 1. The number of nitrogens with zero attached hydrogens (tertiary/aromatic N) is 2. The van der Waals surface area contributed by atoms with Crippen molar-refractivity contribution in [3.63, 3.8) is 0 Å². The second-order valence-corrected chi connectivity index (χ2v) is 6.89. The quantitative estimate of drug-likeness (QED) is 0.434. The molecular weight excluding hydrogens is 357 g/mol. The van der Waals surface area contributed by atoms with Gasteiger partial charge in [-0.25, -0.2) is 4.79 Å². The summed E-state index contributed by atoms with van der Waals surface area (Å²) in [6.45, 7) is 1.20. The van der Waals surface area contributed by atoms with Crippen LogP contribution in [0.15, 0.2) is 11.0 Å². The van der Waals surface area contributed by atoms with E-state index in [0.717, 1.165) is 17.4 Å². The van der Waals surface area contributed by atoms with Crippen molar-refractivity contribution >= 4 is 13.6 Å². The van der Waals surface area contributed by atoms with Crippen LogP contribution >= 0.6 is 7.82 Å². The number of aryl methyl sites for hydroxylation is 1. The van der Waals surface area contributed by atoms with Crippen molar-refractivity contribution in [3.05, 3.63) is 22.2 Å². The summed E-state index contributed by atoms with van der Waals surface area (Å²) < 4.78 is 20.9. The largest absolute Gasteiger partial charge is 0.790 e. The van der Waals surface area contributed by atoms with Crippen LogP contribution in [0.3, 0.4) is 0 Å². The van der Waals surface area contributed by atoms with E-state index in [2.05, 4.69) is 9.51 Å². The summed E-state index contributed by atoms with van der Waals surface area (Å²) in [5.41, 5.74) is 5.50. The van der Waals surface area contributed by atoms with E-state index in [9.17, 15) is 29.4 Å². The molecule has 12 heteroatoms. The first-order valence-corrected chi connectivity index (χ1v) is 9.15. The number of aromatic nitrogens is 2. The number of phosphoric ester groups is 1. The Balaban J connectivity index is 2.23. The van der Waals surface area contributed by atoms with E-state index in [-0.39, 0.29) is 5.82 Å². The Morgan fingerprint density at radius 3 is 2.72 bits per heavy atom.